The fourth-order valence-corrected chi connectivity index (χ4v) is 2.81. The summed E-state index contributed by atoms with van der Waals surface area (Å²) >= 11 is 0. The fraction of sp³-hybridized carbons (Fsp3) is 0.786. The van der Waals surface area contributed by atoms with E-state index in [2.05, 4.69) is 17.6 Å². The Hall–Kier alpha value is -1.59. The fourth-order valence-electron chi connectivity index (χ4n) is 2.81. The van der Waals surface area contributed by atoms with Crippen LogP contribution in [0.4, 0.5) is 0 Å². The van der Waals surface area contributed by atoms with E-state index in [0.717, 1.165) is 19.3 Å². The lowest BCUT2D eigenvalue weighted by Gasteiger charge is -2.29. The van der Waals surface area contributed by atoms with Crippen molar-refractivity contribution < 1.29 is 19.1 Å². The smallest absolute Gasteiger partial charge is 0.329 e. The van der Waals surface area contributed by atoms with E-state index in [9.17, 15) is 14.4 Å². The van der Waals surface area contributed by atoms with Crippen molar-refractivity contribution >= 4 is 17.8 Å². The minimum Gasteiger partial charge on any atom is -0.454 e. The Labute approximate surface area is 118 Å². The van der Waals surface area contributed by atoms with Crippen LogP contribution in [0.1, 0.15) is 45.4 Å². The van der Waals surface area contributed by atoms with Gasteiger partial charge in [-0.15, -0.1) is 0 Å². The lowest BCUT2D eigenvalue weighted by molar-refractivity contribution is -0.151. The van der Waals surface area contributed by atoms with Crippen LogP contribution in [0.5, 0.6) is 0 Å². The Morgan fingerprint density at radius 3 is 2.70 bits per heavy atom. The lowest BCUT2D eigenvalue weighted by Crippen LogP contribution is -2.43. The molecule has 1 saturated heterocycles. The minimum absolute atomic E-state index is 0.146. The van der Waals surface area contributed by atoms with Gasteiger partial charge in [-0.1, -0.05) is 19.8 Å². The molecule has 0 unspecified atom stereocenters. The van der Waals surface area contributed by atoms with Gasteiger partial charge in [0.2, 0.25) is 5.91 Å². The third-order valence-electron chi connectivity index (χ3n) is 4.08. The van der Waals surface area contributed by atoms with Crippen LogP contribution in [0.25, 0.3) is 0 Å². The van der Waals surface area contributed by atoms with Gasteiger partial charge in [-0.2, -0.15) is 0 Å². The number of esters is 1. The first kappa shape index (κ1) is 14.8. The Morgan fingerprint density at radius 2 is 2.05 bits per heavy atom. The summed E-state index contributed by atoms with van der Waals surface area (Å²) in [6, 6.07) is -0.412. The molecule has 3 atom stereocenters. The first-order valence-electron chi connectivity index (χ1n) is 7.31. The van der Waals surface area contributed by atoms with Crippen LogP contribution in [-0.2, 0) is 19.1 Å². The first-order valence-corrected chi connectivity index (χ1v) is 7.31. The van der Waals surface area contributed by atoms with Crippen molar-refractivity contribution in [1.29, 1.82) is 0 Å². The van der Waals surface area contributed by atoms with Crippen molar-refractivity contribution in [3.63, 3.8) is 0 Å². The Kier molecular flexibility index (Phi) is 4.98. The molecule has 2 rings (SSSR count). The maximum absolute atomic E-state index is 11.8. The van der Waals surface area contributed by atoms with E-state index < -0.39 is 12.0 Å². The summed E-state index contributed by atoms with van der Waals surface area (Å²) in [5.74, 6) is -0.464. The quantitative estimate of drug-likeness (QED) is 0.736. The molecule has 2 amide bonds. The first-order chi connectivity index (χ1) is 9.56. The summed E-state index contributed by atoms with van der Waals surface area (Å²) in [6.45, 7) is 1.86. The number of nitrogens with one attached hydrogen (secondary N) is 2. The molecule has 6 heteroatoms. The third-order valence-corrected chi connectivity index (χ3v) is 4.08. The molecule has 112 valence electrons. The van der Waals surface area contributed by atoms with Gasteiger partial charge in [0.05, 0.1) is 0 Å². The number of amides is 2. The standard InChI is InChI=1S/C14H22N2O4/c1-9-4-2-3-5-10(9)15-13(18)8-20-14(19)11-6-7-12(17)16-11/h9-11H,2-8H2,1H3,(H,15,18)(H,16,17)/t9-,10+,11+/m1/s1. The highest BCUT2D eigenvalue weighted by atomic mass is 16.5. The number of carbonyl (C=O) groups excluding carboxylic acids is 3. The molecule has 0 radical (unpaired) electrons. The molecule has 0 aromatic rings. The zero-order chi connectivity index (χ0) is 14.5. The number of rotatable bonds is 4. The van der Waals surface area contributed by atoms with E-state index in [-0.39, 0.29) is 24.5 Å². The zero-order valence-corrected chi connectivity index (χ0v) is 11.8. The van der Waals surface area contributed by atoms with Crippen molar-refractivity contribution in [2.24, 2.45) is 5.92 Å². The topological polar surface area (TPSA) is 84.5 Å². The second kappa shape index (κ2) is 6.72. The van der Waals surface area contributed by atoms with Gasteiger partial charge >= 0.3 is 5.97 Å². The van der Waals surface area contributed by atoms with Crippen molar-refractivity contribution in [2.75, 3.05) is 6.61 Å². The second-order valence-electron chi connectivity index (χ2n) is 5.70. The second-order valence-corrected chi connectivity index (χ2v) is 5.70. The van der Waals surface area contributed by atoms with Crippen LogP contribution in [0.15, 0.2) is 0 Å². The van der Waals surface area contributed by atoms with Crippen molar-refractivity contribution in [1.82, 2.24) is 10.6 Å². The van der Waals surface area contributed by atoms with Crippen LogP contribution in [0, 0.1) is 5.92 Å². The minimum atomic E-state index is -0.594. The van der Waals surface area contributed by atoms with Gasteiger partial charge in [0.15, 0.2) is 6.61 Å². The Balaban J connectivity index is 1.69. The molecule has 0 bridgehead atoms. The molecular weight excluding hydrogens is 260 g/mol. The molecule has 1 aliphatic heterocycles. The Bertz CT molecular complexity index is 397. The van der Waals surface area contributed by atoms with Crippen molar-refractivity contribution in [3.05, 3.63) is 0 Å². The van der Waals surface area contributed by atoms with Gasteiger partial charge in [0.1, 0.15) is 6.04 Å². The molecule has 0 spiro atoms. The van der Waals surface area contributed by atoms with Gasteiger partial charge in [0, 0.05) is 12.5 Å². The average molecular weight is 282 g/mol. The number of hydrogen-bond acceptors (Lipinski definition) is 4. The van der Waals surface area contributed by atoms with Crippen LogP contribution in [0.2, 0.25) is 0 Å². The summed E-state index contributed by atoms with van der Waals surface area (Å²) in [5.41, 5.74) is 0. The molecular formula is C14H22N2O4. The van der Waals surface area contributed by atoms with E-state index in [1.165, 1.54) is 6.42 Å². The summed E-state index contributed by atoms with van der Waals surface area (Å²) in [6.07, 6.45) is 5.23. The molecule has 1 aliphatic carbocycles. The molecule has 20 heavy (non-hydrogen) atoms. The number of carbonyl (C=O) groups is 3. The molecule has 2 fully saturated rings. The maximum Gasteiger partial charge on any atom is 0.329 e. The van der Waals surface area contributed by atoms with Crippen LogP contribution < -0.4 is 10.6 Å². The van der Waals surface area contributed by atoms with E-state index in [1.54, 1.807) is 0 Å². The van der Waals surface area contributed by atoms with E-state index >= 15 is 0 Å². The molecule has 0 aromatic carbocycles. The highest BCUT2D eigenvalue weighted by Crippen LogP contribution is 2.23. The predicted octanol–water partition coefficient (Wildman–Crippen LogP) is 0.503. The van der Waals surface area contributed by atoms with Crippen molar-refractivity contribution in [2.45, 2.75) is 57.5 Å². The van der Waals surface area contributed by atoms with E-state index in [4.69, 9.17) is 4.74 Å². The third kappa shape index (κ3) is 3.95. The highest BCUT2D eigenvalue weighted by Gasteiger charge is 2.29. The largest absolute Gasteiger partial charge is 0.454 e. The van der Waals surface area contributed by atoms with Crippen LogP contribution >= 0.6 is 0 Å². The summed E-state index contributed by atoms with van der Waals surface area (Å²) < 4.78 is 4.95. The van der Waals surface area contributed by atoms with E-state index in [1.807, 2.05) is 0 Å². The maximum atomic E-state index is 11.8. The van der Waals surface area contributed by atoms with Gasteiger partial charge in [-0.25, -0.2) is 4.79 Å². The average Bonchev–Trinajstić information content (AvgIpc) is 2.85. The van der Waals surface area contributed by atoms with Crippen molar-refractivity contribution in [3.8, 4) is 0 Å². The SMILES string of the molecule is C[C@@H]1CCCC[C@@H]1NC(=O)COC(=O)[C@@H]1CCC(=O)N1. The molecule has 0 aromatic heterocycles. The summed E-state index contributed by atoms with van der Waals surface area (Å²) in [4.78, 5) is 34.4. The van der Waals surface area contributed by atoms with Crippen LogP contribution in [-0.4, -0.2) is 36.5 Å². The molecule has 6 nitrogen and oxygen atoms in total. The Morgan fingerprint density at radius 1 is 1.30 bits per heavy atom. The monoisotopic (exact) mass is 282 g/mol. The zero-order valence-electron chi connectivity index (χ0n) is 11.8. The number of ether oxygens (including phenoxy) is 1. The molecule has 2 aliphatic rings. The molecule has 1 saturated carbocycles. The van der Waals surface area contributed by atoms with Gasteiger partial charge in [0.25, 0.3) is 5.91 Å². The van der Waals surface area contributed by atoms with Gasteiger partial charge in [-0.3, -0.25) is 9.59 Å². The van der Waals surface area contributed by atoms with Gasteiger partial charge in [-0.05, 0) is 25.2 Å². The molecule has 2 N–H and O–H groups in total. The molecule has 1 heterocycles. The normalized spacial score (nSPS) is 29.6. The van der Waals surface area contributed by atoms with Crippen LogP contribution in [0.3, 0.4) is 0 Å². The highest BCUT2D eigenvalue weighted by molar-refractivity contribution is 5.89. The number of hydrogen-bond donors (Lipinski definition) is 2. The van der Waals surface area contributed by atoms with E-state index in [0.29, 0.717) is 18.8 Å². The lowest BCUT2D eigenvalue weighted by atomic mass is 9.86. The summed E-state index contributed by atoms with van der Waals surface area (Å²) in [7, 11) is 0. The predicted molar refractivity (Wildman–Crippen MR) is 71.7 cm³/mol. The van der Waals surface area contributed by atoms with Gasteiger partial charge < -0.3 is 15.4 Å². The summed E-state index contributed by atoms with van der Waals surface area (Å²) in [5, 5.41) is 5.44.